The largest absolute Gasteiger partial charge is 0.508 e. The highest BCUT2D eigenvalue weighted by Crippen LogP contribution is 2.23. The van der Waals surface area contributed by atoms with Crippen LogP contribution in [0.25, 0.3) is 0 Å². The van der Waals surface area contributed by atoms with Gasteiger partial charge in [-0.3, -0.25) is 4.90 Å². The SMILES string of the molecule is CN(Cc1cc(Br)ccc1O)CC1CCCCO1. The molecule has 0 aromatic heterocycles. The van der Waals surface area contributed by atoms with Gasteiger partial charge in [0.1, 0.15) is 5.75 Å². The molecular weight excluding hydrogens is 294 g/mol. The van der Waals surface area contributed by atoms with Gasteiger partial charge >= 0.3 is 0 Å². The molecule has 0 amide bonds. The Bertz CT molecular complexity index is 391. The second kappa shape index (κ2) is 6.55. The van der Waals surface area contributed by atoms with E-state index in [2.05, 4.69) is 27.9 Å². The van der Waals surface area contributed by atoms with Crippen molar-refractivity contribution in [2.45, 2.75) is 31.9 Å². The smallest absolute Gasteiger partial charge is 0.120 e. The summed E-state index contributed by atoms with van der Waals surface area (Å²) in [7, 11) is 2.07. The lowest BCUT2D eigenvalue weighted by Crippen LogP contribution is -2.33. The molecular formula is C14H20BrNO2. The third-order valence-corrected chi connectivity index (χ3v) is 3.76. The Kier molecular flexibility index (Phi) is 5.03. The highest BCUT2D eigenvalue weighted by Gasteiger charge is 2.16. The van der Waals surface area contributed by atoms with E-state index in [1.54, 1.807) is 6.07 Å². The summed E-state index contributed by atoms with van der Waals surface area (Å²) in [5, 5.41) is 9.81. The van der Waals surface area contributed by atoms with E-state index in [9.17, 15) is 5.11 Å². The van der Waals surface area contributed by atoms with Crippen LogP contribution in [0.15, 0.2) is 22.7 Å². The molecule has 2 rings (SSSR count). The van der Waals surface area contributed by atoms with Crippen LogP contribution in [0.4, 0.5) is 0 Å². The minimum atomic E-state index is 0.345. The molecule has 1 aliphatic rings. The predicted molar refractivity (Wildman–Crippen MR) is 75.7 cm³/mol. The van der Waals surface area contributed by atoms with E-state index in [-0.39, 0.29) is 0 Å². The number of rotatable bonds is 4. The maximum Gasteiger partial charge on any atom is 0.120 e. The van der Waals surface area contributed by atoms with Gasteiger partial charge in [0.25, 0.3) is 0 Å². The minimum Gasteiger partial charge on any atom is -0.508 e. The molecule has 1 aromatic carbocycles. The van der Waals surface area contributed by atoms with Crippen molar-refractivity contribution in [3.63, 3.8) is 0 Å². The van der Waals surface area contributed by atoms with Crippen LogP contribution >= 0.6 is 15.9 Å². The van der Waals surface area contributed by atoms with Crippen LogP contribution in [0.1, 0.15) is 24.8 Å². The number of benzene rings is 1. The summed E-state index contributed by atoms with van der Waals surface area (Å²) in [5.41, 5.74) is 0.947. The first kappa shape index (κ1) is 13.8. The number of aromatic hydroxyl groups is 1. The Morgan fingerprint density at radius 3 is 3.00 bits per heavy atom. The molecule has 18 heavy (non-hydrogen) atoms. The van der Waals surface area contributed by atoms with Gasteiger partial charge < -0.3 is 9.84 Å². The van der Waals surface area contributed by atoms with Crippen molar-refractivity contribution in [2.24, 2.45) is 0 Å². The third-order valence-electron chi connectivity index (χ3n) is 3.27. The maximum absolute atomic E-state index is 9.81. The number of ether oxygens (including phenoxy) is 1. The topological polar surface area (TPSA) is 32.7 Å². The molecule has 1 fully saturated rings. The molecule has 0 radical (unpaired) electrons. The molecule has 0 aliphatic carbocycles. The highest BCUT2D eigenvalue weighted by molar-refractivity contribution is 9.10. The standard InChI is InChI=1S/C14H20BrNO2/c1-16(10-13-4-2-3-7-18-13)9-11-8-12(15)5-6-14(11)17/h5-6,8,13,17H,2-4,7,9-10H2,1H3. The predicted octanol–water partition coefficient (Wildman–Crippen LogP) is 3.16. The van der Waals surface area contributed by atoms with E-state index >= 15 is 0 Å². The third kappa shape index (κ3) is 3.97. The molecule has 1 unspecified atom stereocenters. The normalized spacial score (nSPS) is 20.3. The number of hydrogen-bond acceptors (Lipinski definition) is 3. The molecule has 0 spiro atoms. The van der Waals surface area contributed by atoms with Gasteiger partial charge in [-0.2, -0.15) is 0 Å². The number of halogens is 1. The van der Waals surface area contributed by atoms with Crippen LogP contribution < -0.4 is 0 Å². The molecule has 1 aliphatic heterocycles. The maximum atomic E-state index is 9.81. The average molecular weight is 314 g/mol. The van der Waals surface area contributed by atoms with E-state index in [0.717, 1.165) is 36.2 Å². The van der Waals surface area contributed by atoms with Crippen LogP contribution in [-0.2, 0) is 11.3 Å². The minimum absolute atomic E-state index is 0.345. The molecule has 1 atom stereocenters. The fraction of sp³-hybridized carbons (Fsp3) is 0.571. The summed E-state index contributed by atoms with van der Waals surface area (Å²) in [5.74, 6) is 0.356. The lowest BCUT2D eigenvalue weighted by Gasteiger charge is -2.27. The summed E-state index contributed by atoms with van der Waals surface area (Å²) < 4.78 is 6.72. The number of phenolic OH excluding ortho intramolecular Hbond substituents is 1. The van der Waals surface area contributed by atoms with E-state index < -0.39 is 0 Å². The summed E-state index contributed by atoms with van der Waals surface area (Å²) >= 11 is 3.43. The quantitative estimate of drug-likeness (QED) is 0.927. The first-order chi connectivity index (χ1) is 8.65. The summed E-state index contributed by atoms with van der Waals surface area (Å²) in [6.07, 6.45) is 3.94. The number of hydrogen-bond donors (Lipinski definition) is 1. The molecule has 100 valence electrons. The van der Waals surface area contributed by atoms with E-state index in [1.165, 1.54) is 12.8 Å². The summed E-state index contributed by atoms with van der Waals surface area (Å²) in [6.45, 7) is 2.55. The van der Waals surface area contributed by atoms with Crippen LogP contribution in [0, 0.1) is 0 Å². The number of likely N-dealkylation sites (N-methyl/N-ethyl adjacent to an activating group) is 1. The molecule has 1 aromatic rings. The van der Waals surface area contributed by atoms with Gasteiger partial charge in [-0.05, 0) is 44.5 Å². The zero-order valence-corrected chi connectivity index (χ0v) is 12.3. The van der Waals surface area contributed by atoms with E-state index in [4.69, 9.17) is 4.74 Å². The molecule has 1 heterocycles. The Morgan fingerprint density at radius 2 is 2.28 bits per heavy atom. The first-order valence-corrected chi connectivity index (χ1v) is 7.22. The Balaban J connectivity index is 1.89. The second-order valence-electron chi connectivity index (χ2n) is 4.96. The lowest BCUT2D eigenvalue weighted by molar-refractivity contribution is -0.00267. The fourth-order valence-corrected chi connectivity index (χ4v) is 2.74. The van der Waals surface area contributed by atoms with Gasteiger partial charge in [-0.25, -0.2) is 0 Å². The van der Waals surface area contributed by atoms with Crippen molar-refractivity contribution in [1.82, 2.24) is 4.90 Å². The molecule has 0 bridgehead atoms. The monoisotopic (exact) mass is 313 g/mol. The Hall–Kier alpha value is -0.580. The molecule has 4 heteroatoms. The first-order valence-electron chi connectivity index (χ1n) is 6.42. The van der Waals surface area contributed by atoms with E-state index in [1.807, 2.05) is 12.1 Å². The zero-order chi connectivity index (χ0) is 13.0. The molecule has 0 saturated carbocycles. The second-order valence-corrected chi connectivity index (χ2v) is 5.87. The van der Waals surface area contributed by atoms with Gasteiger partial charge in [-0.1, -0.05) is 15.9 Å². The van der Waals surface area contributed by atoms with Crippen molar-refractivity contribution in [3.8, 4) is 5.75 Å². The van der Waals surface area contributed by atoms with Crippen LogP contribution in [0.2, 0.25) is 0 Å². The van der Waals surface area contributed by atoms with Crippen LogP contribution in [0.3, 0.4) is 0 Å². The van der Waals surface area contributed by atoms with Crippen LogP contribution in [0.5, 0.6) is 5.75 Å². The highest BCUT2D eigenvalue weighted by atomic mass is 79.9. The van der Waals surface area contributed by atoms with Crippen molar-refractivity contribution in [3.05, 3.63) is 28.2 Å². The molecule has 3 nitrogen and oxygen atoms in total. The van der Waals surface area contributed by atoms with Crippen molar-refractivity contribution in [1.29, 1.82) is 0 Å². The van der Waals surface area contributed by atoms with Gasteiger partial charge in [-0.15, -0.1) is 0 Å². The van der Waals surface area contributed by atoms with Gasteiger partial charge in [0.2, 0.25) is 0 Å². The zero-order valence-electron chi connectivity index (χ0n) is 10.7. The molecule has 1 saturated heterocycles. The van der Waals surface area contributed by atoms with Gasteiger partial charge in [0.15, 0.2) is 0 Å². The van der Waals surface area contributed by atoms with Crippen molar-refractivity contribution in [2.75, 3.05) is 20.2 Å². The van der Waals surface area contributed by atoms with Gasteiger partial charge in [0.05, 0.1) is 6.10 Å². The number of nitrogens with zero attached hydrogens (tertiary/aromatic N) is 1. The van der Waals surface area contributed by atoms with Crippen LogP contribution in [-0.4, -0.2) is 36.3 Å². The van der Waals surface area contributed by atoms with Crippen molar-refractivity contribution < 1.29 is 9.84 Å². The summed E-state index contributed by atoms with van der Waals surface area (Å²) in [6, 6.07) is 5.54. The Morgan fingerprint density at radius 1 is 1.44 bits per heavy atom. The molecule has 1 N–H and O–H groups in total. The average Bonchev–Trinajstić information content (AvgIpc) is 2.35. The van der Waals surface area contributed by atoms with Gasteiger partial charge in [0, 0.05) is 29.7 Å². The number of phenols is 1. The Labute approximate surface area is 117 Å². The lowest BCUT2D eigenvalue weighted by atomic mass is 10.1. The fourth-order valence-electron chi connectivity index (χ4n) is 2.34. The van der Waals surface area contributed by atoms with Crippen molar-refractivity contribution >= 4 is 15.9 Å². The summed E-state index contributed by atoms with van der Waals surface area (Å²) in [4.78, 5) is 2.21. The van der Waals surface area contributed by atoms with E-state index in [0.29, 0.717) is 11.9 Å².